The lowest BCUT2D eigenvalue weighted by Gasteiger charge is -2.41. The van der Waals surface area contributed by atoms with Crippen molar-refractivity contribution in [1.29, 1.82) is 0 Å². The quantitative estimate of drug-likeness (QED) is 0.627. The predicted molar refractivity (Wildman–Crippen MR) is 51.2 cm³/mol. The average molecular weight is 168 g/mol. The van der Waals surface area contributed by atoms with Crippen LogP contribution in [0.25, 0.3) is 0 Å². The van der Waals surface area contributed by atoms with Gasteiger partial charge in [0, 0.05) is 6.54 Å². The summed E-state index contributed by atoms with van der Waals surface area (Å²) in [5.41, 5.74) is 0. The van der Waals surface area contributed by atoms with E-state index in [9.17, 15) is 0 Å². The zero-order valence-electron chi connectivity index (χ0n) is 8.05. The molecule has 0 aromatic heterocycles. The first-order valence-corrected chi connectivity index (χ1v) is 5.33. The Morgan fingerprint density at radius 2 is 2.25 bits per heavy atom. The molecule has 0 radical (unpaired) electrons. The van der Waals surface area contributed by atoms with Gasteiger partial charge in [-0.2, -0.15) is 0 Å². The fraction of sp³-hybridized carbons (Fsp3) is 1.00. The highest BCUT2D eigenvalue weighted by molar-refractivity contribution is 4.84. The number of piperidine rings is 2. The van der Waals surface area contributed by atoms with Crippen LogP contribution in [0.15, 0.2) is 0 Å². The zero-order valence-corrected chi connectivity index (χ0v) is 8.05. The molecule has 70 valence electrons. The molecular weight excluding hydrogens is 148 g/mol. The van der Waals surface area contributed by atoms with E-state index in [0.717, 1.165) is 11.8 Å². The molecule has 0 aliphatic carbocycles. The van der Waals surface area contributed by atoms with Crippen LogP contribution in [0.4, 0.5) is 0 Å². The van der Waals surface area contributed by atoms with Gasteiger partial charge < -0.3 is 10.2 Å². The van der Waals surface area contributed by atoms with E-state index in [0.29, 0.717) is 0 Å². The van der Waals surface area contributed by atoms with Gasteiger partial charge in [-0.25, -0.2) is 0 Å². The molecule has 0 aromatic rings. The van der Waals surface area contributed by atoms with Crippen LogP contribution in [-0.4, -0.2) is 37.6 Å². The fourth-order valence-corrected chi connectivity index (χ4v) is 2.63. The van der Waals surface area contributed by atoms with E-state index >= 15 is 0 Å². The molecule has 0 spiro atoms. The van der Waals surface area contributed by atoms with Gasteiger partial charge in [0.25, 0.3) is 0 Å². The average Bonchev–Trinajstić information content (AvgIpc) is 2.17. The Hall–Kier alpha value is -0.0800. The summed E-state index contributed by atoms with van der Waals surface area (Å²) in [7, 11) is 0. The van der Waals surface area contributed by atoms with E-state index in [-0.39, 0.29) is 0 Å². The first kappa shape index (κ1) is 8.52. The van der Waals surface area contributed by atoms with Crippen LogP contribution in [0.1, 0.15) is 19.8 Å². The van der Waals surface area contributed by atoms with Gasteiger partial charge in [-0.1, -0.05) is 6.92 Å². The molecule has 1 unspecified atom stereocenters. The van der Waals surface area contributed by atoms with Gasteiger partial charge in [-0.15, -0.1) is 0 Å². The number of nitrogens with zero attached hydrogens (tertiary/aromatic N) is 1. The molecule has 2 nitrogen and oxygen atoms in total. The lowest BCUT2D eigenvalue weighted by Crippen LogP contribution is -2.48. The Kier molecular flexibility index (Phi) is 2.66. The van der Waals surface area contributed by atoms with Gasteiger partial charge in [0.15, 0.2) is 0 Å². The Labute approximate surface area is 75.3 Å². The Balaban J connectivity index is 1.90. The minimum atomic E-state index is 0.951. The lowest BCUT2D eigenvalue weighted by molar-refractivity contribution is 0.100. The smallest absolute Gasteiger partial charge is 0.00244 e. The molecule has 2 aliphatic rings. The molecule has 2 heterocycles. The van der Waals surface area contributed by atoms with Gasteiger partial charge >= 0.3 is 0 Å². The minimum absolute atomic E-state index is 0.951. The van der Waals surface area contributed by atoms with Crippen molar-refractivity contribution in [3.8, 4) is 0 Å². The second-order valence-corrected chi connectivity index (χ2v) is 4.19. The van der Waals surface area contributed by atoms with Crippen molar-refractivity contribution >= 4 is 0 Å². The molecule has 1 N–H and O–H groups in total. The summed E-state index contributed by atoms with van der Waals surface area (Å²) in [6.45, 7) is 8.72. The number of rotatable bonds is 1. The maximum Gasteiger partial charge on any atom is 0.00244 e. The maximum atomic E-state index is 3.50. The monoisotopic (exact) mass is 168 g/mol. The second-order valence-electron chi connectivity index (χ2n) is 4.19. The summed E-state index contributed by atoms with van der Waals surface area (Å²) in [5, 5.41) is 3.50. The standard InChI is InChI=1S/C10H20N2/c1-2-12-6-4-9-3-5-11-7-10(9)8-12/h9-11H,2-8H2,1H3/t9-,10?/m1/s1. The van der Waals surface area contributed by atoms with Crippen LogP contribution in [0.3, 0.4) is 0 Å². The third-order valence-electron chi connectivity index (χ3n) is 3.52. The molecule has 2 aliphatic heterocycles. The van der Waals surface area contributed by atoms with E-state index in [1.807, 2.05) is 0 Å². The maximum absolute atomic E-state index is 3.50. The molecule has 0 aromatic carbocycles. The highest BCUT2D eigenvalue weighted by atomic mass is 15.1. The third kappa shape index (κ3) is 1.64. The van der Waals surface area contributed by atoms with E-state index in [4.69, 9.17) is 0 Å². The summed E-state index contributed by atoms with van der Waals surface area (Å²) in [6, 6.07) is 0. The van der Waals surface area contributed by atoms with Crippen molar-refractivity contribution in [1.82, 2.24) is 10.2 Å². The van der Waals surface area contributed by atoms with Gasteiger partial charge in [-0.05, 0) is 50.9 Å². The summed E-state index contributed by atoms with van der Waals surface area (Å²) < 4.78 is 0. The normalized spacial score (nSPS) is 37.8. The molecule has 2 rings (SSSR count). The molecule has 2 saturated heterocycles. The van der Waals surface area contributed by atoms with Crippen LogP contribution in [-0.2, 0) is 0 Å². The van der Waals surface area contributed by atoms with E-state index in [1.165, 1.54) is 45.6 Å². The van der Waals surface area contributed by atoms with Crippen LogP contribution in [0.2, 0.25) is 0 Å². The summed E-state index contributed by atoms with van der Waals surface area (Å²) >= 11 is 0. The van der Waals surface area contributed by atoms with Crippen molar-refractivity contribution in [3.63, 3.8) is 0 Å². The summed E-state index contributed by atoms with van der Waals surface area (Å²) in [4.78, 5) is 2.59. The summed E-state index contributed by atoms with van der Waals surface area (Å²) in [6.07, 6.45) is 2.86. The number of fused-ring (bicyclic) bond motifs is 1. The van der Waals surface area contributed by atoms with Gasteiger partial charge in [0.2, 0.25) is 0 Å². The van der Waals surface area contributed by atoms with E-state index in [1.54, 1.807) is 0 Å². The lowest BCUT2D eigenvalue weighted by atomic mass is 9.81. The van der Waals surface area contributed by atoms with Gasteiger partial charge in [0.1, 0.15) is 0 Å². The predicted octanol–water partition coefficient (Wildman–Crippen LogP) is 0.938. The Morgan fingerprint density at radius 3 is 3.08 bits per heavy atom. The third-order valence-corrected chi connectivity index (χ3v) is 3.52. The fourth-order valence-electron chi connectivity index (χ4n) is 2.63. The number of likely N-dealkylation sites (tertiary alicyclic amines) is 1. The molecule has 0 bridgehead atoms. The number of nitrogens with one attached hydrogen (secondary N) is 1. The SMILES string of the molecule is CCN1CC[C@H]2CCNCC2C1. The molecule has 0 amide bonds. The molecule has 0 saturated carbocycles. The van der Waals surface area contributed by atoms with Crippen LogP contribution >= 0.6 is 0 Å². The number of hydrogen-bond acceptors (Lipinski definition) is 2. The molecule has 2 heteroatoms. The molecule has 2 atom stereocenters. The summed E-state index contributed by atoms with van der Waals surface area (Å²) in [5.74, 6) is 1.99. The van der Waals surface area contributed by atoms with Crippen LogP contribution < -0.4 is 5.32 Å². The molecule has 2 fully saturated rings. The molecule has 12 heavy (non-hydrogen) atoms. The minimum Gasteiger partial charge on any atom is -0.316 e. The van der Waals surface area contributed by atoms with Crippen molar-refractivity contribution in [2.75, 3.05) is 32.7 Å². The number of hydrogen-bond donors (Lipinski definition) is 1. The van der Waals surface area contributed by atoms with E-state index < -0.39 is 0 Å². The van der Waals surface area contributed by atoms with Crippen LogP contribution in [0, 0.1) is 11.8 Å². The topological polar surface area (TPSA) is 15.3 Å². The highest BCUT2D eigenvalue weighted by Gasteiger charge is 2.29. The highest BCUT2D eigenvalue weighted by Crippen LogP contribution is 2.27. The van der Waals surface area contributed by atoms with Gasteiger partial charge in [0.05, 0.1) is 0 Å². The molecular formula is C10H20N2. The Morgan fingerprint density at radius 1 is 1.33 bits per heavy atom. The van der Waals surface area contributed by atoms with Crippen molar-refractivity contribution in [3.05, 3.63) is 0 Å². The van der Waals surface area contributed by atoms with Crippen LogP contribution in [0.5, 0.6) is 0 Å². The van der Waals surface area contributed by atoms with E-state index in [2.05, 4.69) is 17.1 Å². The zero-order chi connectivity index (χ0) is 8.39. The van der Waals surface area contributed by atoms with Crippen molar-refractivity contribution < 1.29 is 0 Å². The Bertz CT molecular complexity index is 147. The first-order chi connectivity index (χ1) is 5.90. The van der Waals surface area contributed by atoms with Crippen molar-refractivity contribution in [2.45, 2.75) is 19.8 Å². The first-order valence-electron chi connectivity index (χ1n) is 5.33. The second kappa shape index (κ2) is 3.75. The van der Waals surface area contributed by atoms with Crippen molar-refractivity contribution in [2.24, 2.45) is 11.8 Å². The van der Waals surface area contributed by atoms with Gasteiger partial charge in [-0.3, -0.25) is 0 Å². The largest absolute Gasteiger partial charge is 0.316 e.